The second kappa shape index (κ2) is 7.31. The number of anilines is 1. The number of nitrogens with one attached hydrogen (secondary N) is 2. The van der Waals surface area contributed by atoms with Crippen molar-refractivity contribution in [1.82, 2.24) is 10.3 Å². The third kappa shape index (κ3) is 5.23. The molecule has 2 rings (SSSR count). The molecule has 0 aliphatic rings. The Hall–Kier alpha value is -3.01. The minimum Gasteiger partial charge on any atom is -0.478 e. The van der Waals surface area contributed by atoms with Crippen LogP contribution in [0, 0.1) is 5.82 Å². The number of benzene rings is 1. The summed E-state index contributed by atoms with van der Waals surface area (Å²) in [5.41, 5.74) is -1.15. The molecule has 0 aliphatic heterocycles. The summed E-state index contributed by atoms with van der Waals surface area (Å²) in [6.45, 7) is 5.38. The third-order valence-corrected chi connectivity index (χ3v) is 4.59. The Morgan fingerprint density at radius 2 is 1.81 bits per heavy atom. The van der Waals surface area contributed by atoms with Gasteiger partial charge in [0.25, 0.3) is 15.9 Å². The van der Waals surface area contributed by atoms with Crippen LogP contribution in [-0.4, -0.2) is 35.9 Å². The summed E-state index contributed by atoms with van der Waals surface area (Å²) in [6.07, 6.45) is 1.00. The van der Waals surface area contributed by atoms with Crippen molar-refractivity contribution in [3.05, 3.63) is 53.6 Å². The van der Waals surface area contributed by atoms with Crippen LogP contribution in [0.15, 0.2) is 41.4 Å². The molecule has 0 spiro atoms. The predicted molar refractivity (Wildman–Crippen MR) is 95.6 cm³/mol. The topological polar surface area (TPSA) is 125 Å². The molecule has 10 heteroatoms. The fraction of sp³-hybridized carbons (Fsp3) is 0.235. The number of carboxylic acid groups (broad SMARTS) is 1. The molecule has 144 valence electrons. The molecule has 0 saturated carbocycles. The number of sulfonamides is 1. The van der Waals surface area contributed by atoms with Gasteiger partial charge in [0.15, 0.2) is 0 Å². The van der Waals surface area contributed by atoms with Gasteiger partial charge in [0.1, 0.15) is 16.4 Å². The van der Waals surface area contributed by atoms with E-state index in [1.807, 2.05) is 0 Å². The Bertz CT molecular complexity index is 983. The SMILES string of the molecule is CC(C)(C)NC(=O)c1ccc(S(=O)(=O)Nc2ccc(C(=O)O)c(F)c2)cn1. The summed E-state index contributed by atoms with van der Waals surface area (Å²) < 4.78 is 40.5. The van der Waals surface area contributed by atoms with Crippen molar-refractivity contribution < 1.29 is 27.5 Å². The Morgan fingerprint density at radius 3 is 2.30 bits per heavy atom. The molecule has 0 bridgehead atoms. The first kappa shape index (κ1) is 20.3. The first-order valence-electron chi connectivity index (χ1n) is 7.73. The highest BCUT2D eigenvalue weighted by Gasteiger charge is 2.20. The fourth-order valence-electron chi connectivity index (χ4n) is 2.04. The van der Waals surface area contributed by atoms with Gasteiger partial charge < -0.3 is 10.4 Å². The van der Waals surface area contributed by atoms with Gasteiger partial charge in [-0.15, -0.1) is 0 Å². The molecule has 0 aliphatic carbocycles. The standard InChI is InChI=1S/C17H18FN3O5S/c1-17(2,3)20-15(22)14-7-5-11(9-19-14)27(25,26)21-10-4-6-12(16(23)24)13(18)8-10/h4-9,21H,1-3H3,(H,20,22)(H,23,24). The molecule has 1 amide bonds. The van der Waals surface area contributed by atoms with Crippen LogP contribution in [0.2, 0.25) is 0 Å². The molecule has 2 aromatic rings. The Morgan fingerprint density at radius 1 is 1.15 bits per heavy atom. The van der Waals surface area contributed by atoms with E-state index < -0.39 is 38.8 Å². The van der Waals surface area contributed by atoms with Gasteiger partial charge in [0.05, 0.1) is 11.3 Å². The summed E-state index contributed by atoms with van der Waals surface area (Å²) in [7, 11) is -4.10. The third-order valence-electron chi connectivity index (χ3n) is 3.22. The Labute approximate surface area is 155 Å². The Kier molecular flexibility index (Phi) is 5.50. The second-order valence-electron chi connectivity index (χ2n) is 6.69. The van der Waals surface area contributed by atoms with Crippen molar-refractivity contribution in [3.8, 4) is 0 Å². The maximum absolute atomic E-state index is 13.7. The van der Waals surface area contributed by atoms with Crippen LogP contribution in [0.3, 0.4) is 0 Å². The van der Waals surface area contributed by atoms with Crippen molar-refractivity contribution in [2.75, 3.05) is 4.72 Å². The molecule has 1 aromatic carbocycles. The normalized spacial score (nSPS) is 11.7. The molecule has 27 heavy (non-hydrogen) atoms. The van der Waals surface area contributed by atoms with Gasteiger partial charge >= 0.3 is 5.97 Å². The van der Waals surface area contributed by atoms with Crippen molar-refractivity contribution in [1.29, 1.82) is 0 Å². The zero-order chi connectivity index (χ0) is 20.4. The number of hydrogen-bond acceptors (Lipinski definition) is 5. The number of hydrogen-bond donors (Lipinski definition) is 3. The van der Waals surface area contributed by atoms with E-state index in [-0.39, 0.29) is 16.3 Å². The number of nitrogens with zero attached hydrogens (tertiary/aromatic N) is 1. The van der Waals surface area contributed by atoms with E-state index in [2.05, 4.69) is 15.0 Å². The van der Waals surface area contributed by atoms with E-state index in [1.165, 1.54) is 12.1 Å². The molecule has 0 atom stereocenters. The summed E-state index contributed by atoms with van der Waals surface area (Å²) in [5.74, 6) is -2.99. The summed E-state index contributed by atoms with van der Waals surface area (Å²) >= 11 is 0. The van der Waals surface area contributed by atoms with Gasteiger partial charge in [-0.25, -0.2) is 22.6 Å². The molecule has 0 unspecified atom stereocenters. The number of aromatic carboxylic acids is 1. The van der Waals surface area contributed by atoms with Gasteiger partial charge in [0, 0.05) is 11.7 Å². The Balaban J connectivity index is 2.21. The van der Waals surface area contributed by atoms with Gasteiger partial charge in [0.2, 0.25) is 0 Å². The van der Waals surface area contributed by atoms with Crippen LogP contribution in [-0.2, 0) is 10.0 Å². The van der Waals surface area contributed by atoms with E-state index in [0.717, 1.165) is 24.4 Å². The minimum atomic E-state index is -4.10. The van der Waals surface area contributed by atoms with E-state index in [4.69, 9.17) is 5.11 Å². The number of carbonyl (C=O) groups is 2. The quantitative estimate of drug-likeness (QED) is 0.713. The lowest BCUT2D eigenvalue weighted by Crippen LogP contribution is -2.40. The van der Waals surface area contributed by atoms with E-state index in [1.54, 1.807) is 20.8 Å². The lowest BCUT2D eigenvalue weighted by molar-refractivity contribution is 0.0691. The lowest BCUT2D eigenvalue weighted by Gasteiger charge is -2.20. The monoisotopic (exact) mass is 395 g/mol. The average Bonchev–Trinajstić information content (AvgIpc) is 2.52. The second-order valence-corrected chi connectivity index (χ2v) is 8.37. The van der Waals surface area contributed by atoms with Crippen molar-refractivity contribution in [2.45, 2.75) is 31.2 Å². The number of halogens is 1. The van der Waals surface area contributed by atoms with Crippen LogP contribution < -0.4 is 10.0 Å². The van der Waals surface area contributed by atoms with E-state index in [9.17, 15) is 22.4 Å². The van der Waals surface area contributed by atoms with Crippen LogP contribution >= 0.6 is 0 Å². The number of carbonyl (C=O) groups excluding carboxylic acids is 1. The lowest BCUT2D eigenvalue weighted by atomic mass is 10.1. The highest BCUT2D eigenvalue weighted by atomic mass is 32.2. The van der Waals surface area contributed by atoms with E-state index >= 15 is 0 Å². The van der Waals surface area contributed by atoms with Gasteiger partial charge in [-0.1, -0.05) is 0 Å². The summed E-state index contributed by atoms with van der Waals surface area (Å²) in [5, 5.41) is 11.5. The van der Waals surface area contributed by atoms with Crippen LogP contribution in [0.4, 0.5) is 10.1 Å². The van der Waals surface area contributed by atoms with Gasteiger partial charge in [-0.2, -0.15) is 0 Å². The highest BCUT2D eigenvalue weighted by Crippen LogP contribution is 2.19. The molecule has 8 nitrogen and oxygen atoms in total. The van der Waals surface area contributed by atoms with Crippen molar-refractivity contribution in [2.24, 2.45) is 0 Å². The number of carboxylic acids is 1. The summed E-state index contributed by atoms with van der Waals surface area (Å²) in [4.78, 5) is 26.4. The van der Waals surface area contributed by atoms with Crippen LogP contribution in [0.5, 0.6) is 0 Å². The molecule has 1 aromatic heterocycles. The number of amides is 1. The molecule has 1 heterocycles. The fourth-order valence-corrected chi connectivity index (χ4v) is 3.04. The molecule has 0 radical (unpaired) electrons. The number of pyridine rings is 1. The van der Waals surface area contributed by atoms with Gasteiger partial charge in [-0.05, 0) is 51.1 Å². The molecular weight excluding hydrogens is 377 g/mol. The average molecular weight is 395 g/mol. The zero-order valence-corrected chi connectivity index (χ0v) is 15.6. The van der Waals surface area contributed by atoms with Gasteiger partial charge in [-0.3, -0.25) is 9.52 Å². The minimum absolute atomic E-state index is 0.0423. The number of rotatable bonds is 5. The maximum Gasteiger partial charge on any atom is 0.338 e. The largest absolute Gasteiger partial charge is 0.478 e. The smallest absolute Gasteiger partial charge is 0.338 e. The van der Waals surface area contributed by atoms with Crippen molar-refractivity contribution >= 4 is 27.6 Å². The highest BCUT2D eigenvalue weighted by molar-refractivity contribution is 7.92. The predicted octanol–water partition coefficient (Wildman–Crippen LogP) is 2.25. The summed E-state index contributed by atoms with van der Waals surface area (Å²) in [6, 6.07) is 5.29. The zero-order valence-electron chi connectivity index (χ0n) is 14.8. The molecular formula is C17H18FN3O5S. The first-order valence-corrected chi connectivity index (χ1v) is 9.21. The van der Waals surface area contributed by atoms with E-state index in [0.29, 0.717) is 0 Å². The van der Waals surface area contributed by atoms with Crippen LogP contribution in [0.25, 0.3) is 0 Å². The molecule has 0 fully saturated rings. The van der Waals surface area contributed by atoms with Crippen molar-refractivity contribution in [3.63, 3.8) is 0 Å². The molecule has 3 N–H and O–H groups in total. The number of aromatic nitrogens is 1. The van der Waals surface area contributed by atoms with Crippen LogP contribution in [0.1, 0.15) is 41.6 Å². The maximum atomic E-state index is 13.7. The molecule has 0 saturated heterocycles. The first-order chi connectivity index (χ1) is 12.4.